The van der Waals surface area contributed by atoms with Crippen LogP contribution in [0.5, 0.6) is 0 Å². The number of amides is 5. The van der Waals surface area contributed by atoms with Crippen molar-refractivity contribution < 1.29 is 24.0 Å². The van der Waals surface area contributed by atoms with Crippen molar-refractivity contribution in [2.45, 2.75) is 159 Å². The van der Waals surface area contributed by atoms with E-state index in [1.165, 1.54) is 88.6 Å². The van der Waals surface area contributed by atoms with Gasteiger partial charge in [0.1, 0.15) is 52.0 Å². The summed E-state index contributed by atoms with van der Waals surface area (Å²) in [7, 11) is 0. The Morgan fingerprint density at radius 2 is 0.589 bits per heavy atom. The quantitative estimate of drug-likeness (QED) is 0.0608. The molecule has 0 aliphatic heterocycles. The van der Waals surface area contributed by atoms with Crippen LogP contribution in [0.15, 0.2) is 187 Å². The summed E-state index contributed by atoms with van der Waals surface area (Å²) in [5, 5.41) is 16.1. The van der Waals surface area contributed by atoms with Gasteiger partial charge in [-0.15, -0.1) is 0 Å². The van der Waals surface area contributed by atoms with Crippen molar-refractivity contribution in [2.75, 3.05) is 10.6 Å². The Morgan fingerprint density at radius 1 is 0.339 bits per heavy atom. The number of fused-ring (bicyclic) bond motifs is 5. The fourth-order valence-electron chi connectivity index (χ4n) is 10.1. The minimum absolute atomic E-state index is 0. The van der Waals surface area contributed by atoms with Gasteiger partial charge in [0, 0.05) is 72.3 Å². The number of hydrogen-bond donors (Lipinski definition) is 10. The van der Waals surface area contributed by atoms with E-state index in [2.05, 4.69) is 73.4 Å². The lowest BCUT2D eigenvalue weighted by Crippen LogP contribution is -2.28. The van der Waals surface area contributed by atoms with Crippen LogP contribution < -0.4 is 53.7 Å². The lowest BCUT2D eigenvalue weighted by atomic mass is 10.1. The normalized spacial score (nSPS) is 11.3. The molecule has 0 radical (unpaired) electrons. The topological polar surface area (TPSA) is 374 Å². The van der Waals surface area contributed by atoms with E-state index in [0.29, 0.717) is 104 Å². The van der Waals surface area contributed by atoms with Gasteiger partial charge in [-0.05, 0) is 148 Å². The molecule has 30 heteroatoms. The van der Waals surface area contributed by atoms with Crippen LogP contribution in [0.2, 0.25) is 0 Å². The molecule has 12 aromatic rings. The van der Waals surface area contributed by atoms with Crippen LogP contribution in [-0.2, 0) is 0 Å². The Kier molecular flexibility index (Phi) is 41.5. The summed E-state index contributed by atoms with van der Waals surface area (Å²) in [5.74, 6) is -2.01. The van der Waals surface area contributed by atoms with Crippen LogP contribution in [0.4, 0.5) is 11.4 Å². The Hall–Kier alpha value is -11.6. The molecule has 2 aromatic carbocycles. The van der Waals surface area contributed by atoms with Crippen LogP contribution in [0.25, 0.3) is 51.1 Å². The number of benzene rings is 2. The average molecular weight is 1620 g/mol. The standard InChI is InChI=1S/C14H13N3O2S.2C14H11N3O2S.2C13H11N3O2S.5C2H6.4CH4/c3*1-8-11-12(18)10(7-15-14(11)20-17-8)13(19)16-9-5-3-2-4-6-9;2*1-7-10-11(17)9(6-14-13(10)19-16-7)12(18)15-8-4-2-3-5-8;5*1-2;;;;/h3,5-7H,2,4H2,1H3,(H,15,18)(H,16,19);2*2-7H,1H3,(H,15,18)(H,16,19);2*2-4,6H,5H2,1H3,(H,14,17)(H,15,18);5*1-2H3;4*1H4. The summed E-state index contributed by atoms with van der Waals surface area (Å²) in [5.41, 5.74) is 5.97. The second-order valence-corrected chi connectivity index (χ2v) is 25.7. The Balaban J connectivity index is 0.000000457. The Bertz CT molecular complexity index is 5370. The summed E-state index contributed by atoms with van der Waals surface area (Å²) >= 11 is 6.10. The minimum Gasteiger partial charge on any atom is -0.351 e. The van der Waals surface area contributed by atoms with Crippen LogP contribution in [-0.4, -0.2) is 76.3 Å². The lowest BCUT2D eigenvalue weighted by molar-refractivity contribution is 0.0955. The lowest BCUT2D eigenvalue weighted by Gasteiger charge is -2.08. The van der Waals surface area contributed by atoms with Crippen molar-refractivity contribution in [1.29, 1.82) is 0 Å². The van der Waals surface area contributed by atoms with Crippen molar-refractivity contribution in [3.8, 4) is 0 Å². The number of anilines is 2. The third-order valence-corrected chi connectivity index (χ3v) is 19.4. The highest BCUT2D eigenvalue weighted by atomic mass is 32.1. The maximum atomic E-state index is 12.3. The number of H-pyrrole nitrogens is 5. The fraction of sp³-hybridized carbons (Fsp3) is 0.280. The van der Waals surface area contributed by atoms with Gasteiger partial charge in [0.2, 0.25) is 27.1 Å². The molecule has 0 fully saturated rings. The summed E-state index contributed by atoms with van der Waals surface area (Å²) in [6.45, 7) is 28.8. The average Bonchev–Trinajstić information content (AvgIpc) is 1.64. The zero-order valence-corrected chi connectivity index (χ0v) is 66.6. The summed E-state index contributed by atoms with van der Waals surface area (Å²) < 4.78 is 20.6. The van der Waals surface area contributed by atoms with Crippen molar-refractivity contribution >= 4 is 150 Å². The van der Waals surface area contributed by atoms with Gasteiger partial charge >= 0.3 is 0 Å². The molecule has 15 rings (SSSR count). The van der Waals surface area contributed by atoms with Gasteiger partial charge in [0.15, 0.2) is 0 Å². The molecule has 25 nitrogen and oxygen atoms in total. The third kappa shape index (κ3) is 24.2. The molecular formula is C82H103N15O10S5. The number of nitrogens with zero attached hydrogens (tertiary/aromatic N) is 5. The smallest absolute Gasteiger partial charge is 0.261 e. The fourth-order valence-corrected chi connectivity index (χ4v) is 13.9. The maximum absolute atomic E-state index is 12.3. The van der Waals surface area contributed by atoms with E-state index in [-0.39, 0.29) is 96.5 Å². The number of allylic oxidation sites excluding steroid dienone is 9. The van der Waals surface area contributed by atoms with Crippen molar-refractivity contribution in [3.63, 3.8) is 0 Å². The number of nitrogens with one attached hydrogen (secondary N) is 10. The molecule has 5 amide bonds. The van der Waals surface area contributed by atoms with Gasteiger partial charge in [0.25, 0.3) is 29.5 Å². The number of carbonyl (C=O) groups excluding carboxylic acids is 5. The number of aromatic nitrogens is 10. The number of hydrogen-bond acceptors (Lipinski definition) is 20. The molecule has 0 bridgehead atoms. The molecule has 10 aromatic heterocycles. The van der Waals surface area contributed by atoms with Gasteiger partial charge in [-0.3, -0.25) is 47.9 Å². The second-order valence-electron chi connectivity index (χ2n) is 21.8. The van der Waals surface area contributed by atoms with Crippen molar-refractivity contribution in [2.24, 2.45) is 0 Å². The minimum atomic E-state index is -0.426. The van der Waals surface area contributed by atoms with Crippen molar-refractivity contribution in [3.05, 3.63) is 271 Å². The zero-order chi connectivity index (χ0) is 79.1. The molecule has 10 N–H and O–H groups in total. The van der Waals surface area contributed by atoms with E-state index in [1.54, 1.807) is 58.9 Å². The van der Waals surface area contributed by atoms with Crippen LogP contribution >= 0.6 is 57.7 Å². The summed E-state index contributed by atoms with van der Waals surface area (Å²) in [4.78, 5) is 140. The zero-order valence-electron chi connectivity index (χ0n) is 62.5. The predicted molar refractivity (Wildman–Crippen MR) is 470 cm³/mol. The highest BCUT2D eigenvalue weighted by Crippen LogP contribution is 2.23. The molecule has 0 unspecified atom stereocenters. The molecule has 10 heterocycles. The predicted octanol–water partition coefficient (Wildman–Crippen LogP) is 18.8. The van der Waals surface area contributed by atoms with E-state index in [4.69, 9.17) is 0 Å². The van der Waals surface area contributed by atoms with Gasteiger partial charge in [-0.2, -0.15) is 21.9 Å². The molecule has 596 valence electrons. The van der Waals surface area contributed by atoms with Crippen LogP contribution in [0, 0.1) is 34.6 Å². The second kappa shape index (κ2) is 48.2. The molecular weight excluding hydrogens is 1520 g/mol. The third-order valence-electron chi connectivity index (χ3n) is 15.0. The first-order valence-electron chi connectivity index (χ1n) is 35.0. The number of pyridine rings is 5. The highest BCUT2D eigenvalue weighted by molar-refractivity contribution is 7.14. The molecule has 0 saturated heterocycles. The number of carbonyl (C=O) groups is 5. The first-order chi connectivity index (χ1) is 52.3. The number of aryl methyl sites for hydroxylation is 5. The van der Waals surface area contributed by atoms with E-state index in [9.17, 15) is 47.9 Å². The maximum Gasteiger partial charge on any atom is 0.261 e. The Morgan fingerprint density at radius 3 is 0.821 bits per heavy atom. The number of aromatic amines is 5. The molecule has 3 aliphatic rings. The van der Waals surface area contributed by atoms with E-state index in [1.807, 2.05) is 160 Å². The van der Waals surface area contributed by atoms with Crippen LogP contribution in [0.3, 0.4) is 0 Å². The van der Waals surface area contributed by atoms with Gasteiger partial charge in [-0.25, -0.2) is 0 Å². The Labute approximate surface area is 672 Å². The number of para-hydroxylation sites is 2. The van der Waals surface area contributed by atoms with Gasteiger partial charge < -0.3 is 51.5 Å². The largest absolute Gasteiger partial charge is 0.351 e. The van der Waals surface area contributed by atoms with Gasteiger partial charge in [0.05, 0.1) is 55.4 Å². The van der Waals surface area contributed by atoms with E-state index in [0.717, 1.165) is 29.9 Å². The highest BCUT2D eigenvalue weighted by Gasteiger charge is 2.22. The summed E-state index contributed by atoms with van der Waals surface area (Å²) in [6.07, 6.45) is 27.5. The first kappa shape index (κ1) is 96.5. The number of rotatable bonds is 10. The molecule has 3 aliphatic carbocycles. The van der Waals surface area contributed by atoms with Crippen molar-refractivity contribution in [1.82, 2.24) is 62.7 Å². The first-order valence-corrected chi connectivity index (χ1v) is 38.8. The summed E-state index contributed by atoms with van der Waals surface area (Å²) in [6, 6.07) is 18.0. The van der Waals surface area contributed by atoms with E-state index >= 15 is 0 Å². The van der Waals surface area contributed by atoms with Crippen LogP contribution in [0.1, 0.15) is 205 Å². The molecule has 112 heavy (non-hydrogen) atoms. The molecule has 0 atom stereocenters. The van der Waals surface area contributed by atoms with E-state index < -0.39 is 17.7 Å². The SMILES string of the molecule is C.C.C.C.CC.CC.CC.CC.CC.Cc1nsc2[nH]cc(C(=O)NC3=CC=CC3)c(=O)c12.Cc1nsc2[nH]cc(C(=O)NC3=CC=CC3)c(=O)c12.Cc1nsc2[nH]cc(C(=O)NC3=CCCC=C3)c(=O)c12.Cc1nsc2[nH]cc(C(=O)Nc3ccccc3)c(=O)c12.Cc1nsc2[nH]cc(C(=O)Nc3ccccc3)c(=O)c12. The molecule has 0 spiro atoms. The van der Waals surface area contributed by atoms with Gasteiger partial charge in [-0.1, -0.05) is 172 Å². The molecule has 0 saturated carbocycles. The monoisotopic (exact) mass is 1620 g/mol.